The van der Waals surface area contributed by atoms with Crippen LogP contribution in [0.15, 0.2) is 30.3 Å². The molecule has 4 N–H and O–H groups in total. The molecule has 0 aromatic heterocycles. The lowest BCUT2D eigenvalue weighted by Crippen LogP contribution is -2.12. The molecule has 2 aromatic rings. The van der Waals surface area contributed by atoms with Gasteiger partial charge >= 0.3 is 16.1 Å². The lowest BCUT2D eigenvalue weighted by Gasteiger charge is -2.10. The fourth-order valence-corrected chi connectivity index (χ4v) is 2.40. The van der Waals surface area contributed by atoms with Gasteiger partial charge in [-0.05, 0) is 17.5 Å². The molecule has 110 valence electrons. The van der Waals surface area contributed by atoms with Crippen LogP contribution in [0.5, 0.6) is 5.75 Å². The van der Waals surface area contributed by atoms with Gasteiger partial charge in [-0.25, -0.2) is 4.79 Å². The number of nitrogens with one attached hydrogen (secondary N) is 1. The maximum atomic E-state index is 11.4. The molecule has 0 radical (unpaired) electrons. The second-order valence-electron chi connectivity index (χ2n) is 4.38. The molecule has 0 saturated heterocycles. The number of hydrogen-bond donors (Lipinski definition) is 3. The van der Waals surface area contributed by atoms with E-state index in [0.29, 0.717) is 16.3 Å². The van der Waals surface area contributed by atoms with Crippen molar-refractivity contribution in [3.8, 4) is 5.75 Å². The Labute approximate surface area is 120 Å². The molecule has 0 atom stereocenters. The van der Waals surface area contributed by atoms with Crippen molar-refractivity contribution in [3.63, 3.8) is 0 Å². The van der Waals surface area contributed by atoms with Crippen molar-refractivity contribution < 1.29 is 22.5 Å². The van der Waals surface area contributed by atoms with Crippen LogP contribution in [0.1, 0.15) is 15.9 Å². The number of benzene rings is 2. The van der Waals surface area contributed by atoms with Gasteiger partial charge in [-0.15, -0.1) is 0 Å². The van der Waals surface area contributed by atoms with E-state index < -0.39 is 16.1 Å². The van der Waals surface area contributed by atoms with Crippen molar-refractivity contribution >= 4 is 32.7 Å². The third-order valence-electron chi connectivity index (χ3n) is 2.75. The van der Waals surface area contributed by atoms with Gasteiger partial charge in [-0.2, -0.15) is 8.42 Å². The molecule has 21 heavy (non-hydrogen) atoms. The van der Waals surface area contributed by atoms with E-state index in [2.05, 4.69) is 0 Å². The highest BCUT2D eigenvalue weighted by atomic mass is 32.2. The number of carboxylic acids is 1. The SMILES string of the molecule is CS(=O)(=O)Oc1ccc2cc(C(=N)N)ccc2c1C(=O)O. The number of nitrogens with two attached hydrogens (primary N) is 1. The summed E-state index contributed by atoms with van der Waals surface area (Å²) in [5.74, 6) is -1.71. The second-order valence-corrected chi connectivity index (χ2v) is 5.96. The minimum atomic E-state index is -3.84. The summed E-state index contributed by atoms with van der Waals surface area (Å²) in [5.41, 5.74) is 5.56. The molecule has 2 aromatic carbocycles. The minimum absolute atomic E-state index is 0.148. The summed E-state index contributed by atoms with van der Waals surface area (Å²) in [4.78, 5) is 11.4. The normalized spacial score (nSPS) is 11.3. The number of aromatic carboxylic acids is 1. The zero-order chi connectivity index (χ0) is 15.8. The van der Waals surface area contributed by atoms with Crippen molar-refractivity contribution in [1.29, 1.82) is 5.41 Å². The summed E-state index contributed by atoms with van der Waals surface area (Å²) < 4.78 is 27.1. The third kappa shape index (κ3) is 3.11. The molecular formula is C13H12N2O5S. The summed E-state index contributed by atoms with van der Waals surface area (Å²) in [6.07, 6.45) is 0.835. The van der Waals surface area contributed by atoms with Gasteiger partial charge in [0, 0.05) is 10.9 Å². The standard InChI is InChI=1S/C13H12N2O5S/c1-21(18,19)20-10-5-3-7-6-8(12(14)15)2-4-9(7)11(10)13(16)17/h2-6H,1H3,(H3,14,15)(H,16,17). The van der Waals surface area contributed by atoms with E-state index in [1.54, 1.807) is 6.07 Å². The van der Waals surface area contributed by atoms with Crippen LogP contribution in [-0.4, -0.2) is 31.6 Å². The van der Waals surface area contributed by atoms with Crippen molar-refractivity contribution in [2.45, 2.75) is 0 Å². The second kappa shape index (κ2) is 5.06. The van der Waals surface area contributed by atoms with Gasteiger partial charge in [0.2, 0.25) is 0 Å². The summed E-state index contributed by atoms with van der Waals surface area (Å²) >= 11 is 0. The molecule has 8 heteroatoms. The molecule has 7 nitrogen and oxygen atoms in total. The zero-order valence-corrected chi connectivity index (χ0v) is 11.8. The van der Waals surface area contributed by atoms with Crippen LogP contribution in [0.3, 0.4) is 0 Å². The van der Waals surface area contributed by atoms with Crippen molar-refractivity contribution in [1.82, 2.24) is 0 Å². The lowest BCUT2D eigenvalue weighted by molar-refractivity contribution is 0.0697. The van der Waals surface area contributed by atoms with Gasteiger partial charge in [-0.3, -0.25) is 5.41 Å². The van der Waals surface area contributed by atoms with E-state index in [0.717, 1.165) is 6.26 Å². The molecule has 0 heterocycles. The van der Waals surface area contributed by atoms with E-state index >= 15 is 0 Å². The number of carbonyl (C=O) groups is 1. The van der Waals surface area contributed by atoms with Crippen molar-refractivity contribution in [2.24, 2.45) is 5.73 Å². The molecule has 0 fully saturated rings. The fraction of sp³-hybridized carbons (Fsp3) is 0.0769. The Morgan fingerprint density at radius 1 is 1.29 bits per heavy atom. The topological polar surface area (TPSA) is 131 Å². The molecule has 0 aliphatic heterocycles. The largest absolute Gasteiger partial charge is 0.478 e. The monoisotopic (exact) mass is 308 g/mol. The highest BCUT2D eigenvalue weighted by Gasteiger charge is 2.19. The van der Waals surface area contributed by atoms with Crippen LogP contribution in [0.2, 0.25) is 0 Å². The maximum Gasteiger partial charge on any atom is 0.340 e. The van der Waals surface area contributed by atoms with Crippen LogP contribution >= 0.6 is 0 Å². The van der Waals surface area contributed by atoms with E-state index in [-0.39, 0.29) is 17.1 Å². The van der Waals surface area contributed by atoms with Gasteiger partial charge in [-0.1, -0.05) is 18.2 Å². The van der Waals surface area contributed by atoms with Gasteiger partial charge < -0.3 is 15.0 Å². The minimum Gasteiger partial charge on any atom is -0.478 e. The molecule has 0 unspecified atom stereocenters. The van der Waals surface area contributed by atoms with Crippen LogP contribution < -0.4 is 9.92 Å². The Bertz CT molecular complexity index is 858. The number of rotatable bonds is 4. The average molecular weight is 308 g/mol. The average Bonchev–Trinajstić information content (AvgIpc) is 2.35. The molecule has 0 spiro atoms. The lowest BCUT2D eigenvalue weighted by atomic mass is 10.0. The quantitative estimate of drug-likeness (QED) is 0.441. The summed E-state index contributed by atoms with van der Waals surface area (Å²) in [6.45, 7) is 0. The maximum absolute atomic E-state index is 11.4. The van der Waals surface area contributed by atoms with Crippen LogP contribution in [0.4, 0.5) is 0 Å². The Morgan fingerprint density at radius 3 is 2.48 bits per heavy atom. The van der Waals surface area contributed by atoms with Gasteiger partial charge in [0.25, 0.3) is 0 Å². The Balaban J connectivity index is 2.74. The van der Waals surface area contributed by atoms with E-state index in [4.69, 9.17) is 15.3 Å². The Hall–Kier alpha value is -2.61. The predicted octanol–water partition coefficient (Wildman–Crippen LogP) is 1.16. The van der Waals surface area contributed by atoms with Crippen molar-refractivity contribution in [3.05, 3.63) is 41.5 Å². The molecule has 0 saturated carbocycles. The highest BCUT2D eigenvalue weighted by molar-refractivity contribution is 7.86. The third-order valence-corrected chi connectivity index (χ3v) is 3.23. The van der Waals surface area contributed by atoms with E-state index in [1.807, 2.05) is 0 Å². The predicted molar refractivity (Wildman–Crippen MR) is 77.4 cm³/mol. The van der Waals surface area contributed by atoms with Gasteiger partial charge in [0.1, 0.15) is 11.4 Å². The van der Waals surface area contributed by atoms with Crippen LogP contribution in [-0.2, 0) is 10.1 Å². The summed E-state index contributed by atoms with van der Waals surface area (Å²) in [6, 6.07) is 7.27. The first-order chi connectivity index (χ1) is 9.69. The van der Waals surface area contributed by atoms with Gasteiger partial charge in [0.15, 0.2) is 5.75 Å². The van der Waals surface area contributed by atoms with Crippen LogP contribution in [0, 0.1) is 5.41 Å². The Kier molecular flexibility index (Phi) is 3.56. The molecule has 2 rings (SSSR count). The molecular weight excluding hydrogens is 296 g/mol. The number of carboxylic acid groups (broad SMARTS) is 1. The number of amidine groups is 1. The molecule has 0 bridgehead atoms. The number of fused-ring (bicyclic) bond motifs is 1. The highest BCUT2D eigenvalue weighted by Crippen LogP contribution is 2.29. The van der Waals surface area contributed by atoms with Crippen LogP contribution in [0.25, 0.3) is 10.8 Å². The molecule has 0 aliphatic carbocycles. The van der Waals surface area contributed by atoms with E-state index in [1.165, 1.54) is 24.3 Å². The summed E-state index contributed by atoms with van der Waals surface area (Å²) in [5, 5.41) is 17.5. The summed E-state index contributed by atoms with van der Waals surface area (Å²) in [7, 11) is -3.84. The Morgan fingerprint density at radius 2 is 1.95 bits per heavy atom. The number of hydrogen-bond acceptors (Lipinski definition) is 5. The fourth-order valence-electron chi connectivity index (χ4n) is 1.93. The first-order valence-corrected chi connectivity index (χ1v) is 7.54. The molecule has 0 amide bonds. The number of nitrogen functional groups attached to an aromatic ring is 1. The van der Waals surface area contributed by atoms with Gasteiger partial charge in [0.05, 0.1) is 6.26 Å². The molecule has 0 aliphatic rings. The van der Waals surface area contributed by atoms with Crippen molar-refractivity contribution in [2.75, 3.05) is 6.26 Å². The van der Waals surface area contributed by atoms with E-state index in [9.17, 15) is 18.3 Å². The first kappa shape index (κ1) is 14.8. The zero-order valence-electron chi connectivity index (χ0n) is 11.0. The smallest absolute Gasteiger partial charge is 0.340 e. The first-order valence-electron chi connectivity index (χ1n) is 5.73.